The summed E-state index contributed by atoms with van der Waals surface area (Å²) in [6.45, 7) is 0. The van der Waals surface area contributed by atoms with Gasteiger partial charge in [0, 0.05) is 0 Å². The van der Waals surface area contributed by atoms with Gasteiger partial charge in [0.05, 0.1) is 15.2 Å². The zero-order chi connectivity index (χ0) is 14.8. The van der Waals surface area contributed by atoms with E-state index in [2.05, 4.69) is 15.9 Å². The van der Waals surface area contributed by atoms with E-state index in [0.29, 0.717) is 3.79 Å². The number of amides is 1. The lowest BCUT2D eigenvalue weighted by molar-refractivity contribution is -0.140. The number of sulfonamides is 1. The van der Waals surface area contributed by atoms with Crippen LogP contribution in [0, 0.1) is 0 Å². The van der Waals surface area contributed by atoms with E-state index in [4.69, 9.17) is 22.4 Å². The molecule has 1 rings (SSSR count). The summed E-state index contributed by atoms with van der Waals surface area (Å²) in [5.74, 6) is -2.43. The number of hydrogen-bond donors (Lipinski definition) is 3. The topological polar surface area (TPSA) is 127 Å². The van der Waals surface area contributed by atoms with Crippen molar-refractivity contribution in [2.45, 2.75) is 16.7 Å². The standard InChI is InChI=1S/C8H8BrClN2O5S2/c9-7-3(10)1-6(18-7)19(16,17)12-4(8(14)15)2-5(11)13/h1,4,12H,2H2,(H2,11,13)(H,14,15)/t4-/m1/s1. The van der Waals surface area contributed by atoms with E-state index in [1.54, 1.807) is 0 Å². The molecule has 106 valence electrons. The van der Waals surface area contributed by atoms with Crippen molar-refractivity contribution in [3.63, 3.8) is 0 Å². The molecule has 0 bridgehead atoms. The third-order valence-corrected chi connectivity index (χ3v) is 6.31. The molecule has 0 aliphatic carbocycles. The fourth-order valence-corrected chi connectivity index (χ4v) is 4.69. The van der Waals surface area contributed by atoms with Crippen LogP contribution in [0.15, 0.2) is 14.1 Å². The van der Waals surface area contributed by atoms with Gasteiger partial charge < -0.3 is 10.8 Å². The van der Waals surface area contributed by atoms with E-state index >= 15 is 0 Å². The number of carboxylic acid groups (broad SMARTS) is 1. The van der Waals surface area contributed by atoms with Crippen LogP contribution in [0.2, 0.25) is 5.02 Å². The van der Waals surface area contributed by atoms with E-state index < -0.39 is 34.4 Å². The summed E-state index contributed by atoms with van der Waals surface area (Å²) in [5.41, 5.74) is 4.85. The minimum atomic E-state index is -4.09. The first-order valence-electron chi connectivity index (χ1n) is 4.61. The first-order valence-corrected chi connectivity index (χ1v) is 8.09. The van der Waals surface area contributed by atoms with E-state index in [0.717, 1.165) is 11.3 Å². The second kappa shape index (κ2) is 6.18. The van der Waals surface area contributed by atoms with Crippen molar-refractivity contribution in [3.05, 3.63) is 14.9 Å². The Morgan fingerprint density at radius 1 is 1.58 bits per heavy atom. The van der Waals surface area contributed by atoms with Gasteiger partial charge in [0.25, 0.3) is 10.0 Å². The number of rotatable bonds is 6. The van der Waals surface area contributed by atoms with E-state index in [9.17, 15) is 18.0 Å². The predicted octanol–water partition coefficient (Wildman–Crippen LogP) is 0.771. The van der Waals surface area contributed by atoms with Crippen molar-refractivity contribution >= 4 is 60.8 Å². The zero-order valence-electron chi connectivity index (χ0n) is 9.09. The summed E-state index contributed by atoms with van der Waals surface area (Å²) in [7, 11) is -4.09. The largest absolute Gasteiger partial charge is 0.480 e. The van der Waals surface area contributed by atoms with Crippen molar-refractivity contribution in [2.24, 2.45) is 5.73 Å². The van der Waals surface area contributed by atoms with Crippen molar-refractivity contribution < 1.29 is 23.1 Å². The first-order chi connectivity index (χ1) is 8.63. The van der Waals surface area contributed by atoms with Crippen molar-refractivity contribution in [1.82, 2.24) is 4.72 Å². The lowest BCUT2D eigenvalue weighted by Crippen LogP contribution is -2.43. The zero-order valence-corrected chi connectivity index (χ0v) is 13.1. The number of thiophene rings is 1. The Balaban J connectivity index is 3.00. The van der Waals surface area contributed by atoms with Crippen LogP contribution in [0.1, 0.15) is 6.42 Å². The van der Waals surface area contributed by atoms with Crippen LogP contribution < -0.4 is 10.5 Å². The number of nitrogens with one attached hydrogen (secondary N) is 1. The Kier molecular flexibility index (Phi) is 5.33. The van der Waals surface area contributed by atoms with Crippen LogP contribution in [-0.4, -0.2) is 31.4 Å². The summed E-state index contributed by atoms with van der Waals surface area (Å²) >= 11 is 9.57. The quantitative estimate of drug-likeness (QED) is 0.660. The van der Waals surface area contributed by atoms with E-state index in [-0.39, 0.29) is 9.23 Å². The van der Waals surface area contributed by atoms with E-state index in [1.807, 2.05) is 4.72 Å². The highest BCUT2D eigenvalue weighted by atomic mass is 79.9. The summed E-state index contributed by atoms with van der Waals surface area (Å²) in [4.78, 5) is 21.5. The predicted molar refractivity (Wildman–Crippen MR) is 72.6 cm³/mol. The molecule has 4 N–H and O–H groups in total. The average molecular weight is 392 g/mol. The molecule has 11 heteroatoms. The molecule has 0 aliphatic rings. The average Bonchev–Trinajstić information content (AvgIpc) is 2.58. The van der Waals surface area contributed by atoms with Crippen molar-refractivity contribution in [3.8, 4) is 0 Å². The second-order valence-electron chi connectivity index (χ2n) is 3.37. The highest BCUT2D eigenvalue weighted by Crippen LogP contribution is 2.34. The lowest BCUT2D eigenvalue weighted by atomic mass is 10.2. The summed E-state index contributed by atoms with van der Waals surface area (Å²) in [6, 6.07) is -0.455. The maximum Gasteiger partial charge on any atom is 0.322 e. The van der Waals surface area contributed by atoms with Crippen molar-refractivity contribution in [2.75, 3.05) is 0 Å². The number of halogens is 2. The molecule has 1 atom stereocenters. The molecule has 0 fully saturated rings. The Hall–Kier alpha value is -0.680. The monoisotopic (exact) mass is 390 g/mol. The molecule has 0 unspecified atom stereocenters. The number of hydrogen-bond acceptors (Lipinski definition) is 5. The number of carbonyl (C=O) groups excluding carboxylic acids is 1. The molecule has 1 aromatic heterocycles. The highest BCUT2D eigenvalue weighted by molar-refractivity contribution is 9.11. The van der Waals surface area contributed by atoms with Gasteiger partial charge in [0.1, 0.15) is 10.3 Å². The third kappa shape index (κ3) is 4.42. The Bertz CT molecular complexity index is 595. The number of aliphatic carboxylic acids is 1. The fraction of sp³-hybridized carbons (Fsp3) is 0.250. The first kappa shape index (κ1) is 16.4. The van der Waals surface area contributed by atoms with E-state index in [1.165, 1.54) is 6.07 Å². The molecule has 0 saturated heterocycles. The molecule has 0 spiro atoms. The van der Waals surface area contributed by atoms with Crippen LogP contribution in [0.4, 0.5) is 0 Å². The molecule has 0 saturated carbocycles. The van der Waals surface area contributed by atoms with Gasteiger partial charge in [-0.25, -0.2) is 8.42 Å². The molecule has 0 aliphatic heterocycles. The molecule has 0 aromatic carbocycles. The Labute approximate surface area is 125 Å². The Morgan fingerprint density at radius 2 is 2.16 bits per heavy atom. The van der Waals surface area contributed by atoms with Gasteiger partial charge in [0.2, 0.25) is 5.91 Å². The van der Waals surface area contributed by atoms with Gasteiger partial charge in [-0.1, -0.05) is 11.6 Å². The minimum Gasteiger partial charge on any atom is -0.480 e. The molecule has 19 heavy (non-hydrogen) atoms. The summed E-state index contributed by atoms with van der Waals surface area (Å²) in [6.07, 6.45) is -0.644. The lowest BCUT2D eigenvalue weighted by Gasteiger charge is -2.11. The van der Waals surface area contributed by atoms with Crippen LogP contribution >= 0.6 is 38.9 Å². The number of carboxylic acids is 1. The van der Waals surface area contributed by atoms with Crippen LogP contribution in [-0.2, 0) is 19.6 Å². The molecule has 7 nitrogen and oxygen atoms in total. The number of primary amides is 1. The van der Waals surface area contributed by atoms with Crippen molar-refractivity contribution in [1.29, 1.82) is 0 Å². The Morgan fingerprint density at radius 3 is 2.53 bits per heavy atom. The molecule has 1 heterocycles. The molecular formula is C8H8BrClN2O5S2. The highest BCUT2D eigenvalue weighted by Gasteiger charge is 2.28. The SMILES string of the molecule is NC(=O)C[C@@H](NS(=O)(=O)c1cc(Cl)c(Br)s1)C(=O)O. The maximum absolute atomic E-state index is 11.9. The molecule has 1 amide bonds. The van der Waals surface area contributed by atoms with Gasteiger partial charge >= 0.3 is 5.97 Å². The number of nitrogens with two attached hydrogens (primary N) is 1. The summed E-state index contributed by atoms with van der Waals surface area (Å²) < 4.78 is 25.9. The van der Waals surface area contributed by atoms with Crippen LogP contribution in [0.5, 0.6) is 0 Å². The van der Waals surface area contributed by atoms with Gasteiger partial charge in [-0.05, 0) is 22.0 Å². The number of carbonyl (C=O) groups is 2. The molecule has 0 radical (unpaired) electrons. The van der Waals surface area contributed by atoms with Gasteiger partial charge in [-0.3, -0.25) is 9.59 Å². The minimum absolute atomic E-state index is 0.167. The normalized spacial score (nSPS) is 13.2. The maximum atomic E-state index is 11.9. The van der Waals surface area contributed by atoms with Gasteiger partial charge in [-0.2, -0.15) is 4.72 Å². The van der Waals surface area contributed by atoms with Crippen LogP contribution in [0.3, 0.4) is 0 Å². The van der Waals surface area contributed by atoms with Gasteiger partial charge in [0.15, 0.2) is 0 Å². The second-order valence-corrected chi connectivity index (χ2v) is 8.09. The smallest absolute Gasteiger partial charge is 0.322 e. The fourth-order valence-electron chi connectivity index (χ4n) is 1.09. The third-order valence-electron chi connectivity index (χ3n) is 1.89. The molecule has 1 aromatic rings. The van der Waals surface area contributed by atoms with Crippen LogP contribution in [0.25, 0.3) is 0 Å². The molecular weight excluding hydrogens is 384 g/mol. The summed E-state index contributed by atoms with van der Waals surface area (Å²) in [5, 5.41) is 9.01. The van der Waals surface area contributed by atoms with Gasteiger partial charge in [-0.15, -0.1) is 11.3 Å².